The quantitative estimate of drug-likeness (QED) is 0.843. The summed E-state index contributed by atoms with van der Waals surface area (Å²) in [6.07, 6.45) is 5.19. The number of hydrogen-bond donors (Lipinski definition) is 1. The molecule has 1 saturated carbocycles. The normalized spacial score (nSPS) is 26.0. The van der Waals surface area contributed by atoms with Crippen LogP contribution in [0.3, 0.4) is 0 Å². The zero-order chi connectivity index (χ0) is 13.1. The van der Waals surface area contributed by atoms with E-state index in [1.54, 1.807) is 0 Å². The lowest BCUT2D eigenvalue weighted by atomic mass is 9.86. The van der Waals surface area contributed by atoms with E-state index in [0.717, 1.165) is 11.5 Å². The fourth-order valence-corrected chi connectivity index (χ4v) is 3.21. The molecule has 0 radical (unpaired) electrons. The van der Waals surface area contributed by atoms with Crippen molar-refractivity contribution in [2.24, 2.45) is 5.92 Å². The zero-order valence-electron chi connectivity index (χ0n) is 11.0. The Hall–Kier alpha value is -0.410. The van der Waals surface area contributed by atoms with Crippen LogP contribution < -0.4 is 5.32 Å². The monoisotopic (exact) mass is 313 g/mol. The van der Waals surface area contributed by atoms with Gasteiger partial charge in [-0.05, 0) is 59.3 Å². The molecule has 3 heteroatoms. The van der Waals surface area contributed by atoms with Gasteiger partial charge in [0.2, 0.25) is 0 Å². The third kappa shape index (κ3) is 3.55. The first-order chi connectivity index (χ1) is 8.56. The van der Waals surface area contributed by atoms with Crippen molar-refractivity contribution in [1.29, 1.82) is 0 Å². The van der Waals surface area contributed by atoms with Crippen LogP contribution in [0.15, 0.2) is 22.7 Å². The molecule has 1 fully saturated rings. The number of benzene rings is 1. The SMILES string of the molecule is CC1CCCC(NC(C)c2ccc(F)c(Br)c2)C1. The van der Waals surface area contributed by atoms with Crippen LogP contribution in [0.4, 0.5) is 4.39 Å². The van der Waals surface area contributed by atoms with Gasteiger partial charge in [-0.15, -0.1) is 0 Å². The van der Waals surface area contributed by atoms with Crippen molar-refractivity contribution in [3.63, 3.8) is 0 Å². The van der Waals surface area contributed by atoms with E-state index in [-0.39, 0.29) is 11.9 Å². The molecule has 0 aromatic heterocycles. The van der Waals surface area contributed by atoms with Crippen LogP contribution in [-0.4, -0.2) is 6.04 Å². The van der Waals surface area contributed by atoms with Gasteiger partial charge in [-0.1, -0.05) is 25.8 Å². The maximum atomic E-state index is 13.2. The molecular weight excluding hydrogens is 293 g/mol. The van der Waals surface area contributed by atoms with Crippen LogP contribution in [0.2, 0.25) is 0 Å². The second kappa shape index (κ2) is 6.16. The molecule has 0 spiro atoms. The molecule has 1 aliphatic carbocycles. The molecule has 0 heterocycles. The summed E-state index contributed by atoms with van der Waals surface area (Å²) in [5.74, 6) is 0.626. The molecule has 18 heavy (non-hydrogen) atoms. The van der Waals surface area contributed by atoms with Crippen LogP contribution in [-0.2, 0) is 0 Å². The predicted octanol–water partition coefficient (Wildman–Crippen LogP) is 4.82. The molecule has 1 aliphatic rings. The van der Waals surface area contributed by atoms with Gasteiger partial charge in [0.25, 0.3) is 0 Å². The zero-order valence-corrected chi connectivity index (χ0v) is 12.6. The van der Waals surface area contributed by atoms with E-state index in [9.17, 15) is 4.39 Å². The molecule has 1 N–H and O–H groups in total. The van der Waals surface area contributed by atoms with Crippen LogP contribution in [0.1, 0.15) is 51.1 Å². The minimum atomic E-state index is -0.197. The predicted molar refractivity (Wildman–Crippen MR) is 77.1 cm³/mol. The van der Waals surface area contributed by atoms with Crippen LogP contribution in [0.5, 0.6) is 0 Å². The first kappa shape index (κ1) is 14.0. The minimum Gasteiger partial charge on any atom is -0.307 e. The van der Waals surface area contributed by atoms with Gasteiger partial charge >= 0.3 is 0 Å². The minimum absolute atomic E-state index is 0.197. The smallest absolute Gasteiger partial charge is 0.137 e. The topological polar surface area (TPSA) is 12.0 Å². The van der Waals surface area contributed by atoms with E-state index in [0.29, 0.717) is 10.5 Å². The highest BCUT2D eigenvalue weighted by molar-refractivity contribution is 9.10. The van der Waals surface area contributed by atoms with Crippen molar-refractivity contribution in [3.05, 3.63) is 34.1 Å². The molecule has 0 amide bonds. The summed E-state index contributed by atoms with van der Waals surface area (Å²) >= 11 is 3.25. The third-order valence-electron chi connectivity index (χ3n) is 3.87. The number of nitrogens with one attached hydrogen (secondary N) is 1. The second-order valence-corrected chi connectivity index (χ2v) is 6.38. The summed E-state index contributed by atoms with van der Waals surface area (Å²) in [5.41, 5.74) is 1.14. The van der Waals surface area contributed by atoms with Gasteiger partial charge in [0.05, 0.1) is 4.47 Å². The van der Waals surface area contributed by atoms with Gasteiger partial charge in [-0.3, -0.25) is 0 Å². The molecule has 100 valence electrons. The van der Waals surface area contributed by atoms with E-state index in [4.69, 9.17) is 0 Å². The number of rotatable bonds is 3. The first-order valence-corrected chi connectivity index (χ1v) is 7.56. The Kier molecular flexibility index (Phi) is 4.79. The number of halogens is 2. The Morgan fingerprint density at radius 2 is 2.17 bits per heavy atom. The Labute approximate surface area is 117 Å². The summed E-state index contributed by atoms with van der Waals surface area (Å²) in [6.45, 7) is 4.48. The van der Waals surface area contributed by atoms with Gasteiger partial charge < -0.3 is 5.32 Å². The Bertz CT molecular complexity index is 407. The maximum Gasteiger partial charge on any atom is 0.137 e. The Morgan fingerprint density at radius 1 is 1.39 bits per heavy atom. The Balaban J connectivity index is 1.98. The molecule has 1 aromatic rings. The van der Waals surface area contributed by atoms with Crippen LogP contribution in [0, 0.1) is 11.7 Å². The van der Waals surface area contributed by atoms with Gasteiger partial charge in [-0.25, -0.2) is 4.39 Å². The van der Waals surface area contributed by atoms with E-state index >= 15 is 0 Å². The fraction of sp³-hybridized carbons (Fsp3) is 0.600. The van der Waals surface area contributed by atoms with E-state index in [1.807, 2.05) is 12.1 Å². The van der Waals surface area contributed by atoms with E-state index < -0.39 is 0 Å². The summed E-state index contributed by atoms with van der Waals surface area (Å²) in [7, 11) is 0. The van der Waals surface area contributed by atoms with Crippen molar-refractivity contribution in [2.45, 2.75) is 51.6 Å². The third-order valence-corrected chi connectivity index (χ3v) is 4.47. The standard InChI is InChI=1S/C15H21BrFN/c1-10-4-3-5-13(8-10)18-11(2)12-6-7-15(17)14(16)9-12/h6-7,9-11,13,18H,3-5,8H2,1-2H3. The average molecular weight is 314 g/mol. The lowest BCUT2D eigenvalue weighted by molar-refractivity contribution is 0.285. The molecule has 1 aromatic carbocycles. The summed E-state index contributed by atoms with van der Waals surface area (Å²) in [4.78, 5) is 0. The molecule has 1 nitrogen and oxygen atoms in total. The average Bonchev–Trinajstić information content (AvgIpc) is 2.32. The highest BCUT2D eigenvalue weighted by Gasteiger charge is 2.20. The van der Waals surface area contributed by atoms with E-state index in [1.165, 1.54) is 31.7 Å². The largest absolute Gasteiger partial charge is 0.307 e. The highest BCUT2D eigenvalue weighted by atomic mass is 79.9. The molecule has 0 saturated heterocycles. The first-order valence-electron chi connectivity index (χ1n) is 6.77. The van der Waals surface area contributed by atoms with Crippen molar-refractivity contribution >= 4 is 15.9 Å². The molecule has 0 bridgehead atoms. The highest BCUT2D eigenvalue weighted by Crippen LogP contribution is 2.27. The molecule has 2 rings (SSSR count). The summed E-state index contributed by atoms with van der Waals surface area (Å²) in [6, 6.07) is 6.15. The maximum absolute atomic E-state index is 13.2. The van der Waals surface area contributed by atoms with Gasteiger partial charge in [0.1, 0.15) is 5.82 Å². The van der Waals surface area contributed by atoms with Gasteiger partial charge in [0.15, 0.2) is 0 Å². The fourth-order valence-electron chi connectivity index (χ4n) is 2.82. The summed E-state index contributed by atoms with van der Waals surface area (Å²) < 4.78 is 13.8. The second-order valence-electron chi connectivity index (χ2n) is 5.53. The Morgan fingerprint density at radius 3 is 2.83 bits per heavy atom. The van der Waals surface area contributed by atoms with Crippen molar-refractivity contribution < 1.29 is 4.39 Å². The summed E-state index contributed by atoms with van der Waals surface area (Å²) in [5, 5.41) is 3.67. The van der Waals surface area contributed by atoms with Crippen molar-refractivity contribution in [3.8, 4) is 0 Å². The molecule has 3 atom stereocenters. The number of hydrogen-bond acceptors (Lipinski definition) is 1. The van der Waals surface area contributed by atoms with Crippen molar-refractivity contribution in [1.82, 2.24) is 5.32 Å². The molecule has 3 unspecified atom stereocenters. The van der Waals surface area contributed by atoms with Crippen LogP contribution in [0.25, 0.3) is 0 Å². The van der Waals surface area contributed by atoms with E-state index in [2.05, 4.69) is 35.1 Å². The van der Waals surface area contributed by atoms with Crippen LogP contribution >= 0.6 is 15.9 Å². The van der Waals surface area contributed by atoms with Gasteiger partial charge in [-0.2, -0.15) is 0 Å². The molecular formula is C15H21BrFN. The van der Waals surface area contributed by atoms with Gasteiger partial charge in [0, 0.05) is 12.1 Å². The van der Waals surface area contributed by atoms with Crippen molar-refractivity contribution in [2.75, 3.05) is 0 Å². The lowest BCUT2D eigenvalue weighted by Crippen LogP contribution is -2.35. The lowest BCUT2D eigenvalue weighted by Gasteiger charge is -2.30. The molecule has 0 aliphatic heterocycles.